The lowest BCUT2D eigenvalue weighted by atomic mass is 10.2. The molecule has 0 unspecified atom stereocenters. The zero-order valence-electron chi connectivity index (χ0n) is 10.7. The van der Waals surface area contributed by atoms with Crippen LogP contribution in [0.3, 0.4) is 0 Å². The highest BCUT2D eigenvalue weighted by Crippen LogP contribution is 2.16. The second-order valence-corrected chi connectivity index (χ2v) is 5.74. The van der Waals surface area contributed by atoms with Gasteiger partial charge in [0.15, 0.2) is 0 Å². The average Bonchev–Trinajstić information content (AvgIpc) is 2.38. The summed E-state index contributed by atoms with van der Waals surface area (Å²) in [5.74, 6) is -0.361. The number of aryl methyl sites for hydroxylation is 1. The van der Waals surface area contributed by atoms with Crippen molar-refractivity contribution in [2.45, 2.75) is 13.5 Å². The van der Waals surface area contributed by atoms with Gasteiger partial charge in [-0.25, -0.2) is 4.39 Å². The Balaban J connectivity index is 2.53. The fourth-order valence-corrected chi connectivity index (χ4v) is 2.45. The second kappa shape index (κ2) is 5.85. The molecule has 0 saturated carbocycles. The molecule has 6 heteroatoms. The number of rotatable bonds is 3. The fourth-order valence-electron chi connectivity index (χ4n) is 1.89. The van der Waals surface area contributed by atoms with Crippen LogP contribution in [0.4, 0.5) is 4.39 Å². The molecule has 0 aliphatic heterocycles. The van der Waals surface area contributed by atoms with Gasteiger partial charge in [-0.15, -0.1) is 0 Å². The molecule has 3 nitrogen and oxygen atoms in total. The van der Waals surface area contributed by atoms with Crippen molar-refractivity contribution in [2.24, 2.45) is 5.73 Å². The molecule has 1 heterocycles. The van der Waals surface area contributed by atoms with E-state index >= 15 is 0 Å². The van der Waals surface area contributed by atoms with E-state index in [4.69, 9.17) is 18.0 Å². The quantitative estimate of drug-likeness (QED) is 0.862. The first-order chi connectivity index (χ1) is 9.40. The van der Waals surface area contributed by atoms with Gasteiger partial charge in [0.1, 0.15) is 10.8 Å². The van der Waals surface area contributed by atoms with E-state index in [0.717, 1.165) is 10.2 Å². The number of pyridine rings is 1. The first-order valence-electron chi connectivity index (χ1n) is 5.84. The molecule has 2 rings (SSSR count). The van der Waals surface area contributed by atoms with Gasteiger partial charge < -0.3 is 10.3 Å². The molecule has 0 spiro atoms. The fraction of sp³-hybridized carbons (Fsp3) is 0.143. The van der Waals surface area contributed by atoms with Crippen molar-refractivity contribution < 1.29 is 4.39 Å². The molecule has 0 amide bonds. The summed E-state index contributed by atoms with van der Waals surface area (Å²) in [7, 11) is 0. The summed E-state index contributed by atoms with van der Waals surface area (Å²) in [4.78, 5) is 12.3. The molecule has 1 aromatic heterocycles. The molecule has 2 aromatic rings. The van der Waals surface area contributed by atoms with Crippen LogP contribution in [-0.2, 0) is 6.54 Å². The Morgan fingerprint density at radius 3 is 2.75 bits per heavy atom. The molecule has 0 fully saturated rings. The zero-order chi connectivity index (χ0) is 14.9. The number of aromatic nitrogens is 1. The lowest BCUT2D eigenvalue weighted by molar-refractivity contribution is 0.592. The van der Waals surface area contributed by atoms with Crippen LogP contribution in [0.5, 0.6) is 0 Å². The largest absolute Gasteiger partial charge is 0.389 e. The van der Waals surface area contributed by atoms with Gasteiger partial charge in [0.2, 0.25) is 0 Å². The molecule has 0 bridgehead atoms. The maximum Gasteiger partial charge on any atom is 0.261 e. The Morgan fingerprint density at radius 2 is 2.10 bits per heavy atom. The van der Waals surface area contributed by atoms with Crippen LogP contribution in [-0.4, -0.2) is 9.56 Å². The first-order valence-corrected chi connectivity index (χ1v) is 7.04. The van der Waals surface area contributed by atoms with Crippen LogP contribution in [0, 0.1) is 12.7 Å². The number of hydrogen-bond donors (Lipinski definition) is 1. The topological polar surface area (TPSA) is 48.0 Å². The van der Waals surface area contributed by atoms with Gasteiger partial charge in [-0.05, 0) is 37.3 Å². The molecule has 0 aliphatic rings. The Labute approximate surface area is 129 Å². The molecular weight excluding hydrogens is 343 g/mol. The van der Waals surface area contributed by atoms with Gasteiger partial charge >= 0.3 is 0 Å². The number of nitrogens with zero attached hydrogens (tertiary/aromatic N) is 1. The molecular formula is C14H12BrFN2OS. The number of nitrogens with two attached hydrogens (primary N) is 1. The van der Waals surface area contributed by atoms with Crippen molar-refractivity contribution in [3.63, 3.8) is 0 Å². The van der Waals surface area contributed by atoms with Crippen LogP contribution in [0.15, 0.2) is 39.6 Å². The van der Waals surface area contributed by atoms with E-state index in [1.54, 1.807) is 31.2 Å². The molecule has 0 radical (unpaired) electrons. The number of hydrogen-bond acceptors (Lipinski definition) is 2. The monoisotopic (exact) mass is 354 g/mol. The van der Waals surface area contributed by atoms with Crippen LogP contribution >= 0.6 is 28.1 Å². The highest BCUT2D eigenvalue weighted by atomic mass is 79.9. The Bertz CT molecular complexity index is 742. The highest BCUT2D eigenvalue weighted by Gasteiger charge is 2.11. The number of halogens is 2. The van der Waals surface area contributed by atoms with Crippen LogP contribution in [0.25, 0.3) is 0 Å². The van der Waals surface area contributed by atoms with Gasteiger partial charge in [0.25, 0.3) is 5.56 Å². The minimum atomic E-state index is -0.361. The SMILES string of the molecule is Cc1ccc(C(N)=S)c(=O)n1Cc1cc(Br)ccc1F. The summed E-state index contributed by atoms with van der Waals surface area (Å²) in [5, 5.41) is 0. The van der Waals surface area contributed by atoms with Crippen molar-refractivity contribution in [1.82, 2.24) is 4.57 Å². The highest BCUT2D eigenvalue weighted by molar-refractivity contribution is 9.10. The van der Waals surface area contributed by atoms with Crippen molar-refractivity contribution in [1.29, 1.82) is 0 Å². The van der Waals surface area contributed by atoms with E-state index in [2.05, 4.69) is 15.9 Å². The predicted molar refractivity (Wildman–Crippen MR) is 84.5 cm³/mol. The maximum atomic E-state index is 13.8. The maximum absolute atomic E-state index is 13.8. The normalized spacial score (nSPS) is 10.6. The van der Waals surface area contributed by atoms with Gasteiger partial charge in [-0.3, -0.25) is 4.79 Å². The molecule has 104 valence electrons. The van der Waals surface area contributed by atoms with E-state index in [-0.39, 0.29) is 28.5 Å². The molecule has 0 aliphatic carbocycles. The van der Waals surface area contributed by atoms with E-state index in [1.165, 1.54) is 10.6 Å². The third-order valence-electron chi connectivity index (χ3n) is 2.99. The lowest BCUT2D eigenvalue weighted by Crippen LogP contribution is -2.30. The molecule has 2 N–H and O–H groups in total. The molecule has 0 atom stereocenters. The molecule has 1 aromatic carbocycles. The summed E-state index contributed by atoms with van der Waals surface area (Å²) in [5.41, 5.74) is 6.61. The third kappa shape index (κ3) is 2.96. The number of benzene rings is 1. The summed E-state index contributed by atoms with van der Waals surface area (Å²) in [6.45, 7) is 1.91. The van der Waals surface area contributed by atoms with E-state index < -0.39 is 0 Å². The average molecular weight is 355 g/mol. The minimum absolute atomic E-state index is 0.0402. The van der Waals surface area contributed by atoms with E-state index in [0.29, 0.717) is 5.56 Å². The number of thiocarbonyl (C=S) groups is 1. The van der Waals surface area contributed by atoms with Crippen molar-refractivity contribution >= 4 is 33.1 Å². The first kappa shape index (κ1) is 14.9. The molecule has 0 saturated heterocycles. The van der Waals surface area contributed by atoms with E-state index in [1.807, 2.05) is 0 Å². The Kier molecular flexibility index (Phi) is 4.35. The summed E-state index contributed by atoms with van der Waals surface area (Å²) >= 11 is 8.14. The zero-order valence-corrected chi connectivity index (χ0v) is 13.1. The standard InChI is InChI=1S/C14H12BrFN2OS/c1-8-2-4-11(13(17)20)14(19)18(8)7-9-6-10(15)3-5-12(9)16/h2-6H,7H2,1H3,(H2,17,20). The van der Waals surface area contributed by atoms with Gasteiger partial charge in [-0.2, -0.15) is 0 Å². The predicted octanol–water partition coefficient (Wildman–Crippen LogP) is 2.74. The third-order valence-corrected chi connectivity index (χ3v) is 3.71. The summed E-state index contributed by atoms with van der Waals surface area (Å²) in [6.07, 6.45) is 0. The van der Waals surface area contributed by atoms with Gasteiger partial charge in [-0.1, -0.05) is 28.1 Å². The van der Waals surface area contributed by atoms with Gasteiger partial charge in [0.05, 0.1) is 12.1 Å². The van der Waals surface area contributed by atoms with Crippen LogP contribution in [0.1, 0.15) is 16.8 Å². The van der Waals surface area contributed by atoms with Crippen molar-refractivity contribution in [3.8, 4) is 0 Å². The Hall–Kier alpha value is -1.53. The van der Waals surface area contributed by atoms with Gasteiger partial charge in [0, 0.05) is 15.7 Å². The summed E-state index contributed by atoms with van der Waals surface area (Å²) in [6, 6.07) is 7.95. The lowest BCUT2D eigenvalue weighted by Gasteiger charge is -2.12. The van der Waals surface area contributed by atoms with Crippen molar-refractivity contribution in [3.05, 3.63) is 67.8 Å². The smallest absolute Gasteiger partial charge is 0.261 e. The van der Waals surface area contributed by atoms with Crippen LogP contribution in [0.2, 0.25) is 0 Å². The van der Waals surface area contributed by atoms with Crippen molar-refractivity contribution in [2.75, 3.05) is 0 Å². The second-order valence-electron chi connectivity index (χ2n) is 4.38. The molecule has 20 heavy (non-hydrogen) atoms. The van der Waals surface area contributed by atoms with E-state index in [9.17, 15) is 9.18 Å². The summed E-state index contributed by atoms with van der Waals surface area (Å²) < 4.78 is 16.0. The van der Waals surface area contributed by atoms with Crippen LogP contribution < -0.4 is 11.3 Å². The minimum Gasteiger partial charge on any atom is -0.389 e. The Morgan fingerprint density at radius 1 is 1.40 bits per heavy atom.